The van der Waals surface area contributed by atoms with Gasteiger partial charge in [0.2, 0.25) is 0 Å². The number of furan rings is 1. The molecule has 0 aliphatic carbocycles. The Kier molecular flexibility index (Phi) is 4.90. The van der Waals surface area contributed by atoms with Crippen molar-refractivity contribution in [3.63, 3.8) is 0 Å². The summed E-state index contributed by atoms with van der Waals surface area (Å²) in [7, 11) is 0. The van der Waals surface area contributed by atoms with E-state index >= 15 is 0 Å². The Morgan fingerprint density at radius 2 is 1.88 bits per heavy atom. The van der Waals surface area contributed by atoms with Gasteiger partial charge in [-0.1, -0.05) is 18.2 Å². The first-order valence-electron chi connectivity index (χ1n) is 8.25. The van der Waals surface area contributed by atoms with Gasteiger partial charge >= 0.3 is 0 Å². The fourth-order valence-electron chi connectivity index (χ4n) is 2.94. The third kappa shape index (κ3) is 3.79. The zero-order chi connectivity index (χ0) is 17.1. The van der Waals surface area contributed by atoms with Gasteiger partial charge in [0.25, 0.3) is 5.91 Å². The van der Waals surface area contributed by atoms with Crippen molar-refractivity contribution in [1.29, 1.82) is 0 Å². The van der Waals surface area contributed by atoms with E-state index in [1.54, 1.807) is 17.0 Å². The summed E-state index contributed by atoms with van der Waals surface area (Å²) in [5, 5.41) is 0. The van der Waals surface area contributed by atoms with Gasteiger partial charge in [-0.15, -0.1) is 0 Å². The highest BCUT2D eigenvalue weighted by atomic mass is 16.5. The minimum Gasteiger partial charge on any atom is -0.485 e. The molecule has 1 aliphatic heterocycles. The summed E-state index contributed by atoms with van der Waals surface area (Å²) in [6.07, 6.45) is 0.0769. The molecule has 2 aromatic rings. The Labute approximate surface area is 142 Å². The fraction of sp³-hybridized carbons (Fsp3) is 0.421. The number of para-hydroxylation sites is 1. The SMILES string of the molecule is Cc1ccccc1OCc1ccc(C(=O)N2C[C@@H](C)O[C@@H](C)C2)o1. The van der Waals surface area contributed by atoms with Crippen molar-refractivity contribution in [1.82, 2.24) is 4.90 Å². The molecule has 0 saturated carbocycles. The number of amides is 1. The van der Waals surface area contributed by atoms with Crippen molar-refractivity contribution in [2.24, 2.45) is 0 Å². The lowest BCUT2D eigenvalue weighted by Crippen LogP contribution is -2.48. The monoisotopic (exact) mass is 329 g/mol. The maximum atomic E-state index is 12.6. The average Bonchev–Trinajstić information content (AvgIpc) is 3.01. The lowest BCUT2D eigenvalue weighted by molar-refractivity contribution is -0.0592. The highest BCUT2D eigenvalue weighted by molar-refractivity contribution is 5.91. The molecule has 2 atom stereocenters. The van der Waals surface area contributed by atoms with Gasteiger partial charge in [0, 0.05) is 13.1 Å². The van der Waals surface area contributed by atoms with Crippen LogP contribution in [0.1, 0.15) is 35.7 Å². The van der Waals surface area contributed by atoms with Gasteiger partial charge in [-0.25, -0.2) is 0 Å². The molecule has 1 saturated heterocycles. The van der Waals surface area contributed by atoms with Crippen LogP contribution in [0.5, 0.6) is 5.75 Å². The Hall–Kier alpha value is -2.27. The number of ether oxygens (including phenoxy) is 2. The molecule has 5 nitrogen and oxygen atoms in total. The first kappa shape index (κ1) is 16.6. The number of hydrogen-bond acceptors (Lipinski definition) is 4. The second-order valence-electron chi connectivity index (χ2n) is 6.29. The predicted molar refractivity (Wildman–Crippen MR) is 90.1 cm³/mol. The first-order chi connectivity index (χ1) is 11.5. The van der Waals surface area contributed by atoms with Gasteiger partial charge in [-0.3, -0.25) is 4.79 Å². The number of aryl methyl sites for hydroxylation is 1. The lowest BCUT2D eigenvalue weighted by Gasteiger charge is -2.34. The van der Waals surface area contributed by atoms with Crippen molar-refractivity contribution in [3.8, 4) is 5.75 Å². The molecule has 128 valence electrons. The van der Waals surface area contributed by atoms with Crippen LogP contribution in [0.2, 0.25) is 0 Å². The second kappa shape index (κ2) is 7.09. The van der Waals surface area contributed by atoms with Crippen LogP contribution in [0.25, 0.3) is 0 Å². The Morgan fingerprint density at radius 3 is 2.58 bits per heavy atom. The van der Waals surface area contributed by atoms with E-state index in [1.807, 2.05) is 45.0 Å². The van der Waals surface area contributed by atoms with Gasteiger partial charge in [0.1, 0.15) is 18.1 Å². The third-order valence-electron chi connectivity index (χ3n) is 4.04. The number of rotatable bonds is 4. The zero-order valence-electron chi connectivity index (χ0n) is 14.3. The van der Waals surface area contributed by atoms with Crippen LogP contribution in [-0.4, -0.2) is 36.1 Å². The van der Waals surface area contributed by atoms with Gasteiger partial charge in [-0.05, 0) is 44.5 Å². The third-order valence-corrected chi connectivity index (χ3v) is 4.04. The normalized spacial score (nSPS) is 20.9. The summed E-state index contributed by atoms with van der Waals surface area (Å²) in [5.74, 6) is 1.70. The molecule has 1 aliphatic rings. The number of nitrogens with zero attached hydrogens (tertiary/aromatic N) is 1. The van der Waals surface area contributed by atoms with Crippen LogP contribution in [0, 0.1) is 6.92 Å². The topological polar surface area (TPSA) is 51.9 Å². The van der Waals surface area contributed by atoms with E-state index in [2.05, 4.69) is 0 Å². The summed E-state index contributed by atoms with van der Waals surface area (Å²) in [4.78, 5) is 14.3. The van der Waals surface area contributed by atoms with E-state index in [9.17, 15) is 4.79 Å². The number of morpholine rings is 1. The van der Waals surface area contributed by atoms with E-state index in [0.29, 0.717) is 31.2 Å². The Balaban J connectivity index is 1.62. The van der Waals surface area contributed by atoms with Gasteiger partial charge in [-0.2, -0.15) is 0 Å². The van der Waals surface area contributed by atoms with E-state index in [0.717, 1.165) is 11.3 Å². The number of carbonyl (C=O) groups excluding carboxylic acids is 1. The molecule has 1 aromatic carbocycles. The molecule has 0 unspecified atom stereocenters. The molecule has 3 rings (SSSR count). The summed E-state index contributed by atoms with van der Waals surface area (Å²) in [6, 6.07) is 11.3. The van der Waals surface area contributed by atoms with Crippen molar-refractivity contribution in [2.75, 3.05) is 13.1 Å². The molecule has 1 fully saturated rings. The van der Waals surface area contributed by atoms with E-state index in [4.69, 9.17) is 13.9 Å². The maximum absolute atomic E-state index is 12.6. The summed E-state index contributed by atoms with van der Waals surface area (Å²) in [5.41, 5.74) is 1.07. The molecular formula is C19H23NO4. The smallest absolute Gasteiger partial charge is 0.289 e. The van der Waals surface area contributed by atoms with Gasteiger partial charge in [0.15, 0.2) is 5.76 Å². The molecule has 1 aromatic heterocycles. The van der Waals surface area contributed by atoms with E-state index < -0.39 is 0 Å². The van der Waals surface area contributed by atoms with E-state index in [1.165, 1.54) is 0 Å². The van der Waals surface area contributed by atoms with Crippen LogP contribution >= 0.6 is 0 Å². The molecule has 0 spiro atoms. The standard InChI is InChI=1S/C19H23NO4/c1-13-6-4-5-7-17(13)22-12-16-8-9-18(24-16)19(21)20-10-14(2)23-15(3)11-20/h4-9,14-15H,10-12H2,1-3H3/t14-,15+. The number of carbonyl (C=O) groups is 1. The molecule has 0 radical (unpaired) electrons. The molecular weight excluding hydrogens is 306 g/mol. The van der Waals surface area contributed by atoms with Crippen LogP contribution in [0.15, 0.2) is 40.8 Å². The van der Waals surface area contributed by atoms with Crippen LogP contribution in [0.3, 0.4) is 0 Å². The summed E-state index contributed by atoms with van der Waals surface area (Å²) in [6.45, 7) is 7.40. The zero-order valence-corrected chi connectivity index (χ0v) is 14.3. The van der Waals surface area contributed by atoms with Crippen molar-refractivity contribution in [2.45, 2.75) is 39.6 Å². The van der Waals surface area contributed by atoms with Gasteiger partial charge in [0.05, 0.1) is 12.2 Å². The molecule has 0 N–H and O–H groups in total. The minimum absolute atomic E-state index is 0.0384. The first-order valence-corrected chi connectivity index (χ1v) is 8.25. The molecule has 2 heterocycles. The predicted octanol–water partition coefficient (Wildman–Crippen LogP) is 3.42. The highest BCUT2D eigenvalue weighted by Gasteiger charge is 2.28. The lowest BCUT2D eigenvalue weighted by atomic mass is 10.2. The number of benzene rings is 1. The maximum Gasteiger partial charge on any atom is 0.289 e. The number of hydrogen-bond donors (Lipinski definition) is 0. The average molecular weight is 329 g/mol. The van der Waals surface area contributed by atoms with Crippen LogP contribution in [0.4, 0.5) is 0 Å². The quantitative estimate of drug-likeness (QED) is 0.862. The summed E-state index contributed by atoms with van der Waals surface area (Å²) < 4.78 is 17.1. The minimum atomic E-state index is -0.0980. The van der Waals surface area contributed by atoms with Crippen molar-refractivity contribution >= 4 is 5.91 Å². The molecule has 1 amide bonds. The molecule has 0 bridgehead atoms. The largest absolute Gasteiger partial charge is 0.485 e. The second-order valence-corrected chi connectivity index (χ2v) is 6.29. The summed E-state index contributed by atoms with van der Waals surface area (Å²) >= 11 is 0. The van der Waals surface area contributed by atoms with Crippen molar-refractivity contribution in [3.05, 3.63) is 53.5 Å². The Bertz CT molecular complexity index is 699. The molecule has 5 heteroatoms. The Morgan fingerprint density at radius 1 is 1.17 bits per heavy atom. The van der Waals surface area contributed by atoms with E-state index in [-0.39, 0.29) is 18.1 Å². The van der Waals surface area contributed by atoms with Crippen LogP contribution < -0.4 is 4.74 Å². The highest BCUT2D eigenvalue weighted by Crippen LogP contribution is 2.20. The van der Waals surface area contributed by atoms with Crippen LogP contribution in [-0.2, 0) is 11.3 Å². The molecule has 24 heavy (non-hydrogen) atoms. The van der Waals surface area contributed by atoms with Gasteiger partial charge < -0.3 is 18.8 Å². The fourth-order valence-corrected chi connectivity index (χ4v) is 2.94. The van der Waals surface area contributed by atoms with Crippen molar-refractivity contribution < 1.29 is 18.7 Å².